The van der Waals surface area contributed by atoms with Gasteiger partial charge in [-0.3, -0.25) is 14.6 Å². The van der Waals surface area contributed by atoms with Crippen LogP contribution in [0.5, 0.6) is 23.0 Å². The topological polar surface area (TPSA) is 110 Å². The summed E-state index contributed by atoms with van der Waals surface area (Å²) in [6, 6.07) is 22.0. The van der Waals surface area contributed by atoms with E-state index in [1.54, 1.807) is 18.2 Å². The number of hydrogen-bond acceptors (Lipinski definition) is 7. The number of carbonyl (C=O) groups is 3. The molecular formula is C35H28F2N4O6. The first-order valence-corrected chi connectivity index (χ1v) is 14.5. The van der Waals surface area contributed by atoms with E-state index >= 15 is 4.39 Å². The molecule has 0 bridgehead atoms. The molecule has 0 saturated carbocycles. The van der Waals surface area contributed by atoms with Gasteiger partial charge in [-0.05, 0) is 54.1 Å². The normalized spacial score (nSPS) is 14.7. The number of aromatic nitrogens is 1. The maximum atomic E-state index is 15.3. The first kappa shape index (κ1) is 31.0. The minimum atomic E-state index is -1.34. The van der Waals surface area contributed by atoms with Crippen LogP contribution in [0.25, 0.3) is 10.9 Å². The highest BCUT2D eigenvalue weighted by Gasteiger charge is 2.43. The molecule has 1 fully saturated rings. The lowest BCUT2D eigenvalue weighted by atomic mass is 10.0. The van der Waals surface area contributed by atoms with Crippen LogP contribution in [0, 0.1) is 17.6 Å². The molecule has 1 unspecified atom stereocenters. The summed E-state index contributed by atoms with van der Waals surface area (Å²) < 4.78 is 45.6. The lowest BCUT2D eigenvalue weighted by Gasteiger charge is -2.38. The van der Waals surface area contributed by atoms with Gasteiger partial charge < -0.3 is 24.4 Å². The van der Waals surface area contributed by atoms with Gasteiger partial charge in [-0.15, -0.1) is 0 Å². The molecule has 12 heteroatoms. The molecule has 5 aromatic rings. The van der Waals surface area contributed by atoms with E-state index in [0.717, 1.165) is 28.7 Å². The summed E-state index contributed by atoms with van der Waals surface area (Å²) in [5, 5.41) is 3.15. The first-order chi connectivity index (χ1) is 22.7. The highest BCUT2D eigenvalue weighted by Crippen LogP contribution is 2.38. The van der Waals surface area contributed by atoms with Gasteiger partial charge in [0.1, 0.15) is 17.5 Å². The molecule has 0 spiro atoms. The fourth-order valence-electron chi connectivity index (χ4n) is 5.27. The fourth-order valence-corrected chi connectivity index (χ4v) is 5.27. The Morgan fingerprint density at radius 1 is 0.872 bits per heavy atom. The summed E-state index contributed by atoms with van der Waals surface area (Å²) in [5.41, 5.74) is 1.50. The smallest absolute Gasteiger partial charge is 0.331 e. The predicted octanol–water partition coefficient (Wildman–Crippen LogP) is 6.55. The first-order valence-electron chi connectivity index (χ1n) is 14.5. The van der Waals surface area contributed by atoms with Crippen LogP contribution in [0.2, 0.25) is 0 Å². The molecule has 4 aromatic carbocycles. The number of pyridine rings is 1. The summed E-state index contributed by atoms with van der Waals surface area (Å²) in [4.78, 5) is 47.1. The Labute approximate surface area is 268 Å². The molecule has 1 aromatic heterocycles. The highest BCUT2D eigenvalue weighted by molar-refractivity contribution is 6.23. The fraction of sp³-hybridized carbons (Fsp3) is 0.143. The molecule has 0 radical (unpaired) electrons. The van der Waals surface area contributed by atoms with Crippen LogP contribution in [-0.4, -0.2) is 48.5 Å². The van der Waals surface area contributed by atoms with Crippen LogP contribution < -0.4 is 24.4 Å². The van der Waals surface area contributed by atoms with Gasteiger partial charge in [-0.1, -0.05) is 30.3 Å². The molecule has 6 rings (SSSR count). The van der Waals surface area contributed by atoms with E-state index < -0.39 is 35.4 Å². The number of amides is 4. The third-order valence-corrected chi connectivity index (χ3v) is 7.63. The van der Waals surface area contributed by atoms with Crippen molar-refractivity contribution >= 4 is 40.1 Å². The third-order valence-electron chi connectivity index (χ3n) is 7.63. The number of halogens is 2. The van der Waals surface area contributed by atoms with E-state index in [1.165, 1.54) is 49.6 Å². The molecule has 0 aliphatic carbocycles. The van der Waals surface area contributed by atoms with Crippen LogP contribution in [0.3, 0.4) is 0 Å². The van der Waals surface area contributed by atoms with Gasteiger partial charge in [0.25, 0.3) is 0 Å². The zero-order chi connectivity index (χ0) is 33.1. The van der Waals surface area contributed by atoms with Crippen LogP contribution in [-0.2, 0) is 16.1 Å². The van der Waals surface area contributed by atoms with Gasteiger partial charge in [0.05, 0.1) is 25.4 Å². The van der Waals surface area contributed by atoms with Crippen LogP contribution >= 0.6 is 0 Å². The number of imide groups is 1. The van der Waals surface area contributed by atoms with Crippen molar-refractivity contribution in [3.63, 3.8) is 0 Å². The summed E-state index contributed by atoms with van der Waals surface area (Å²) in [6.07, 6.45) is 1.51. The maximum absolute atomic E-state index is 15.3. The number of hydrogen-bond donors (Lipinski definition) is 1. The van der Waals surface area contributed by atoms with Gasteiger partial charge in [0, 0.05) is 42.5 Å². The monoisotopic (exact) mass is 638 g/mol. The summed E-state index contributed by atoms with van der Waals surface area (Å²) in [5.74, 6) is -3.11. The average Bonchev–Trinajstić information content (AvgIpc) is 3.08. The van der Waals surface area contributed by atoms with E-state index in [0.29, 0.717) is 28.2 Å². The Balaban J connectivity index is 1.23. The van der Waals surface area contributed by atoms with Crippen LogP contribution in [0.4, 0.5) is 25.0 Å². The molecule has 1 saturated heterocycles. The van der Waals surface area contributed by atoms with Crippen molar-refractivity contribution in [3.05, 3.63) is 114 Å². The molecule has 1 aliphatic rings. The molecule has 1 N–H and O–H groups in total. The molecule has 4 amide bonds. The SMILES string of the molecule is COc1cc2nccc(Oc3ccc(NC(=O)C4CN(Cc5ccccc5)C(=O)N(c5ccc(F)cc5)C4=O)cc3F)c2cc1OC. The van der Waals surface area contributed by atoms with Gasteiger partial charge in [0.15, 0.2) is 23.1 Å². The molecule has 1 atom stereocenters. The maximum Gasteiger partial charge on any atom is 0.331 e. The largest absolute Gasteiger partial charge is 0.493 e. The molecule has 1 aliphatic heterocycles. The van der Waals surface area contributed by atoms with E-state index in [1.807, 2.05) is 30.3 Å². The number of rotatable bonds is 9. The second kappa shape index (κ2) is 13.1. The number of anilines is 2. The zero-order valence-electron chi connectivity index (χ0n) is 25.3. The summed E-state index contributed by atoms with van der Waals surface area (Å²) >= 11 is 0. The Morgan fingerprint density at radius 3 is 2.30 bits per heavy atom. The van der Waals surface area contributed by atoms with E-state index in [4.69, 9.17) is 14.2 Å². The van der Waals surface area contributed by atoms with Crippen LogP contribution in [0.15, 0.2) is 97.2 Å². The standard InChI is InChI=1S/C35H28F2N4O6/c1-45-31-17-25-28(18-32(31)46-2)38-15-14-29(25)47-30-13-10-23(16-27(30)37)39-33(42)26-20-40(19-21-6-4-3-5-7-21)35(44)41(34(26)43)24-11-8-22(36)9-12-24/h3-18,26H,19-20H2,1-2H3,(H,39,42). The van der Waals surface area contributed by atoms with Gasteiger partial charge in [-0.25, -0.2) is 18.5 Å². The molecule has 238 valence electrons. The average molecular weight is 639 g/mol. The van der Waals surface area contributed by atoms with Gasteiger partial charge in [-0.2, -0.15) is 0 Å². The number of fused-ring (bicyclic) bond motifs is 1. The second-order valence-electron chi connectivity index (χ2n) is 10.6. The van der Waals surface area contributed by atoms with Crippen molar-refractivity contribution in [2.45, 2.75) is 6.54 Å². The number of urea groups is 1. The van der Waals surface area contributed by atoms with Crippen molar-refractivity contribution in [2.75, 3.05) is 31.0 Å². The summed E-state index contributed by atoms with van der Waals surface area (Å²) in [7, 11) is 3.00. The lowest BCUT2D eigenvalue weighted by Crippen LogP contribution is -2.59. The van der Waals surface area contributed by atoms with E-state index in [2.05, 4.69) is 10.3 Å². The van der Waals surface area contributed by atoms with Crippen molar-refractivity contribution < 1.29 is 37.4 Å². The van der Waals surface area contributed by atoms with E-state index in [-0.39, 0.29) is 30.2 Å². The number of nitrogens with one attached hydrogen (secondary N) is 1. The molecule has 2 heterocycles. The highest BCUT2D eigenvalue weighted by atomic mass is 19.1. The molecule has 10 nitrogen and oxygen atoms in total. The Morgan fingerprint density at radius 2 is 1.60 bits per heavy atom. The Kier molecular flexibility index (Phi) is 8.65. The third kappa shape index (κ3) is 6.39. The van der Waals surface area contributed by atoms with Crippen molar-refractivity contribution in [1.82, 2.24) is 9.88 Å². The second-order valence-corrected chi connectivity index (χ2v) is 10.6. The van der Waals surface area contributed by atoms with Crippen molar-refractivity contribution in [1.29, 1.82) is 0 Å². The van der Waals surface area contributed by atoms with Gasteiger partial charge in [0.2, 0.25) is 11.8 Å². The molecule has 47 heavy (non-hydrogen) atoms. The lowest BCUT2D eigenvalue weighted by molar-refractivity contribution is -0.132. The number of nitrogens with zero attached hydrogens (tertiary/aromatic N) is 3. The predicted molar refractivity (Wildman–Crippen MR) is 170 cm³/mol. The number of carbonyl (C=O) groups excluding carboxylic acids is 3. The quantitative estimate of drug-likeness (QED) is 0.183. The number of benzene rings is 4. The van der Waals surface area contributed by atoms with Gasteiger partial charge >= 0.3 is 6.03 Å². The summed E-state index contributed by atoms with van der Waals surface area (Å²) in [6.45, 7) is -0.0967. The van der Waals surface area contributed by atoms with Crippen molar-refractivity contribution in [2.24, 2.45) is 5.92 Å². The van der Waals surface area contributed by atoms with Crippen molar-refractivity contribution in [3.8, 4) is 23.0 Å². The minimum Gasteiger partial charge on any atom is -0.493 e. The zero-order valence-corrected chi connectivity index (χ0v) is 25.3. The Hall–Kier alpha value is -6.04. The molecular weight excluding hydrogens is 610 g/mol. The minimum absolute atomic E-state index is 0.0680. The van der Waals surface area contributed by atoms with Crippen LogP contribution in [0.1, 0.15) is 5.56 Å². The number of methoxy groups -OCH3 is 2. The number of ether oxygens (including phenoxy) is 3. The Bertz CT molecular complexity index is 1970. The van der Waals surface area contributed by atoms with E-state index in [9.17, 15) is 18.8 Å².